The molecule has 128 valence electrons. The highest BCUT2D eigenvalue weighted by Crippen LogP contribution is 2.23. The number of nitrogens with one attached hydrogen (secondary N) is 1. The summed E-state index contributed by atoms with van der Waals surface area (Å²) in [6.45, 7) is 5.68. The van der Waals surface area contributed by atoms with E-state index in [2.05, 4.69) is 10.4 Å². The third kappa shape index (κ3) is 3.36. The zero-order chi connectivity index (χ0) is 17.5. The van der Waals surface area contributed by atoms with Gasteiger partial charge in [0.15, 0.2) is 9.84 Å². The quantitative estimate of drug-likeness (QED) is 0.918. The number of amides is 1. The summed E-state index contributed by atoms with van der Waals surface area (Å²) in [7, 11) is -3.05. The Morgan fingerprint density at radius 1 is 1.25 bits per heavy atom. The minimum atomic E-state index is -3.05. The fourth-order valence-electron chi connectivity index (χ4n) is 3.10. The molecule has 1 amide bonds. The molecular weight excluding hydrogens is 326 g/mol. The molecule has 24 heavy (non-hydrogen) atoms. The number of hydrogen-bond acceptors (Lipinski definition) is 4. The van der Waals surface area contributed by atoms with Crippen LogP contribution in [0.4, 0.5) is 0 Å². The highest BCUT2D eigenvalue weighted by Gasteiger charge is 2.39. The lowest BCUT2D eigenvalue weighted by Gasteiger charge is -2.23. The van der Waals surface area contributed by atoms with E-state index >= 15 is 0 Å². The Hall–Kier alpha value is -2.15. The van der Waals surface area contributed by atoms with Crippen molar-refractivity contribution >= 4 is 15.7 Å². The lowest BCUT2D eigenvalue weighted by atomic mass is 10.0. The van der Waals surface area contributed by atoms with Crippen molar-refractivity contribution in [2.75, 3.05) is 11.5 Å². The Kier molecular flexibility index (Phi) is 3.99. The maximum atomic E-state index is 12.4. The molecule has 2 heterocycles. The molecule has 2 aromatic rings. The summed E-state index contributed by atoms with van der Waals surface area (Å²) in [5.41, 5.74) is 2.65. The Balaban J connectivity index is 1.76. The van der Waals surface area contributed by atoms with Gasteiger partial charge in [0, 0.05) is 11.3 Å². The van der Waals surface area contributed by atoms with Crippen LogP contribution in [0.1, 0.15) is 35.1 Å². The zero-order valence-corrected chi connectivity index (χ0v) is 14.9. The van der Waals surface area contributed by atoms with Gasteiger partial charge in [0.25, 0.3) is 5.91 Å². The predicted molar refractivity (Wildman–Crippen MR) is 92.2 cm³/mol. The molecular formula is C17H21N3O3S. The van der Waals surface area contributed by atoms with Gasteiger partial charge in [-0.3, -0.25) is 4.79 Å². The summed E-state index contributed by atoms with van der Waals surface area (Å²) >= 11 is 0. The SMILES string of the molecule is Cc1cc(C)n(-c2ccc(C(=O)N[C@@]3(C)CCS(=O)(=O)C3)cc2)n1. The molecule has 0 radical (unpaired) electrons. The van der Waals surface area contributed by atoms with Crippen LogP contribution in [0.2, 0.25) is 0 Å². The molecule has 1 saturated heterocycles. The van der Waals surface area contributed by atoms with Crippen LogP contribution in [-0.4, -0.2) is 41.2 Å². The first-order valence-corrected chi connectivity index (χ1v) is 9.66. The predicted octanol–water partition coefficient (Wildman–Crippen LogP) is 1.80. The number of hydrogen-bond donors (Lipinski definition) is 1. The van der Waals surface area contributed by atoms with Gasteiger partial charge in [-0.1, -0.05) is 0 Å². The number of rotatable bonds is 3. The maximum Gasteiger partial charge on any atom is 0.251 e. The summed E-state index contributed by atoms with van der Waals surface area (Å²) in [4.78, 5) is 12.4. The summed E-state index contributed by atoms with van der Waals surface area (Å²) in [5.74, 6) is -0.134. The second-order valence-electron chi connectivity index (χ2n) is 6.74. The van der Waals surface area contributed by atoms with Gasteiger partial charge in [0.2, 0.25) is 0 Å². The van der Waals surface area contributed by atoms with Gasteiger partial charge in [-0.2, -0.15) is 5.10 Å². The molecule has 0 spiro atoms. The summed E-state index contributed by atoms with van der Waals surface area (Å²) < 4.78 is 25.1. The van der Waals surface area contributed by atoms with Crippen LogP contribution in [0.15, 0.2) is 30.3 Å². The minimum absolute atomic E-state index is 0.00438. The first kappa shape index (κ1) is 16.7. The van der Waals surface area contributed by atoms with E-state index in [1.54, 1.807) is 19.1 Å². The Bertz CT molecular complexity index is 884. The van der Waals surface area contributed by atoms with E-state index in [4.69, 9.17) is 0 Å². The standard InChI is InChI=1S/C17H21N3O3S/c1-12-10-13(2)20(19-12)15-6-4-14(5-7-15)16(21)18-17(3)8-9-24(22,23)11-17/h4-7,10H,8-9,11H2,1-3H3,(H,18,21)/t17-/m0/s1. The molecule has 3 rings (SSSR count). The largest absolute Gasteiger partial charge is 0.346 e. The zero-order valence-electron chi connectivity index (χ0n) is 14.0. The molecule has 0 bridgehead atoms. The van der Waals surface area contributed by atoms with Crippen molar-refractivity contribution in [1.82, 2.24) is 15.1 Å². The molecule has 1 aliphatic heterocycles. The smallest absolute Gasteiger partial charge is 0.251 e. The number of aromatic nitrogens is 2. The van der Waals surface area contributed by atoms with Gasteiger partial charge in [-0.05, 0) is 57.5 Å². The lowest BCUT2D eigenvalue weighted by Crippen LogP contribution is -2.46. The summed E-state index contributed by atoms with van der Waals surface area (Å²) in [5, 5.41) is 7.28. The Labute approximate surface area is 141 Å². The van der Waals surface area contributed by atoms with E-state index in [1.807, 2.05) is 36.7 Å². The minimum Gasteiger partial charge on any atom is -0.346 e. The second-order valence-corrected chi connectivity index (χ2v) is 8.93. The number of nitrogens with zero attached hydrogens (tertiary/aromatic N) is 2. The van der Waals surface area contributed by atoms with Crippen LogP contribution < -0.4 is 5.32 Å². The van der Waals surface area contributed by atoms with Crippen molar-refractivity contribution in [2.24, 2.45) is 0 Å². The van der Waals surface area contributed by atoms with Crippen LogP contribution in [0.3, 0.4) is 0 Å². The van der Waals surface area contributed by atoms with Crippen molar-refractivity contribution in [3.8, 4) is 5.69 Å². The van der Waals surface area contributed by atoms with Crippen molar-refractivity contribution in [1.29, 1.82) is 0 Å². The van der Waals surface area contributed by atoms with Crippen LogP contribution >= 0.6 is 0 Å². The van der Waals surface area contributed by atoms with Crippen molar-refractivity contribution in [3.05, 3.63) is 47.3 Å². The average Bonchev–Trinajstić information content (AvgIpc) is 2.97. The van der Waals surface area contributed by atoms with Gasteiger partial charge in [0.1, 0.15) is 0 Å². The Morgan fingerprint density at radius 2 is 1.92 bits per heavy atom. The molecule has 1 fully saturated rings. The summed E-state index contributed by atoms with van der Waals surface area (Å²) in [6.07, 6.45) is 0.449. The number of sulfone groups is 1. The van der Waals surface area contributed by atoms with Crippen molar-refractivity contribution < 1.29 is 13.2 Å². The van der Waals surface area contributed by atoms with Crippen LogP contribution in [-0.2, 0) is 9.84 Å². The molecule has 1 atom stereocenters. The van der Waals surface area contributed by atoms with E-state index in [0.717, 1.165) is 17.1 Å². The second kappa shape index (κ2) is 5.73. The molecule has 7 heteroatoms. The number of carbonyl (C=O) groups excluding carboxylic acids is 1. The van der Waals surface area contributed by atoms with Gasteiger partial charge < -0.3 is 5.32 Å². The first-order valence-electron chi connectivity index (χ1n) is 7.84. The van der Waals surface area contributed by atoms with Crippen LogP contribution in [0, 0.1) is 13.8 Å². The highest BCUT2D eigenvalue weighted by atomic mass is 32.2. The third-order valence-electron chi connectivity index (χ3n) is 4.30. The van der Waals surface area contributed by atoms with E-state index in [1.165, 1.54) is 0 Å². The highest BCUT2D eigenvalue weighted by molar-refractivity contribution is 7.91. The van der Waals surface area contributed by atoms with E-state index < -0.39 is 15.4 Å². The monoisotopic (exact) mass is 347 g/mol. The van der Waals surface area contributed by atoms with Gasteiger partial charge in [-0.25, -0.2) is 13.1 Å². The molecule has 0 saturated carbocycles. The number of aryl methyl sites for hydroxylation is 2. The van der Waals surface area contributed by atoms with Crippen molar-refractivity contribution in [2.45, 2.75) is 32.7 Å². The van der Waals surface area contributed by atoms with E-state index in [9.17, 15) is 13.2 Å². The fourth-order valence-corrected chi connectivity index (χ4v) is 5.19. The Morgan fingerprint density at radius 3 is 2.42 bits per heavy atom. The first-order chi connectivity index (χ1) is 11.2. The van der Waals surface area contributed by atoms with Gasteiger partial charge >= 0.3 is 0 Å². The molecule has 1 N–H and O–H groups in total. The van der Waals surface area contributed by atoms with Gasteiger partial charge in [-0.15, -0.1) is 0 Å². The maximum absolute atomic E-state index is 12.4. The third-order valence-corrected chi connectivity index (χ3v) is 6.21. The molecule has 0 aliphatic carbocycles. The van der Waals surface area contributed by atoms with Crippen LogP contribution in [0.25, 0.3) is 5.69 Å². The lowest BCUT2D eigenvalue weighted by molar-refractivity contribution is 0.0915. The molecule has 1 aromatic heterocycles. The average molecular weight is 347 g/mol. The normalized spacial score (nSPS) is 22.5. The molecule has 1 aromatic carbocycles. The number of carbonyl (C=O) groups is 1. The van der Waals surface area contributed by atoms with Crippen LogP contribution in [0.5, 0.6) is 0 Å². The fraction of sp³-hybridized carbons (Fsp3) is 0.412. The van der Waals surface area contributed by atoms with Gasteiger partial charge in [0.05, 0.1) is 28.4 Å². The number of benzene rings is 1. The molecule has 6 nitrogen and oxygen atoms in total. The van der Waals surface area contributed by atoms with E-state index in [-0.39, 0.29) is 17.4 Å². The molecule has 1 aliphatic rings. The van der Waals surface area contributed by atoms with Crippen molar-refractivity contribution in [3.63, 3.8) is 0 Å². The van der Waals surface area contributed by atoms with E-state index in [0.29, 0.717) is 12.0 Å². The topological polar surface area (TPSA) is 81.1 Å². The summed E-state index contributed by atoms with van der Waals surface area (Å²) in [6, 6.07) is 9.12. The molecule has 0 unspecified atom stereocenters.